The molecule has 2 aromatic rings. The minimum absolute atomic E-state index is 0.0469. The van der Waals surface area contributed by atoms with Gasteiger partial charge in [0.05, 0.1) is 11.0 Å². The third-order valence-corrected chi connectivity index (χ3v) is 3.00. The lowest BCUT2D eigenvalue weighted by Gasteiger charge is -2.05. The Labute approximate surface area is 109 Å². The van der Waals surface area contributed by atoms with E-state index in [2.05, 4.69) is 10.3 Å². The number of H-pyrrole nitrogens is 1. The van der Waals surface area contributed by atoms with Gasteiger partial charge in [-0.15, -0.1) is 0 Å². The van der Waals surface area contributed by atoms with E-state index in [1.54, 1.807) is 0 Å². The molecule has 90 valence electrons. The lowest BCUT2D eigenvalue weighted by atomic mass is 10.3. The highest BCUT2D eigenvalue weighted by Gasteiger charge is 2.04. The van der Waals surface area contributed by atoms with Crippen molar-refractivity contribution in [2.75, 3.05) is 6.54 Å². The summed E-state index contributed by atoms with van der Waals surface area (Å²) < 4.78 is 2.56. The lowest BCUT2D eigenvalue weighted by Crippen LogP contribution is -2.24. The maximum absolute atomic E-state index is 10.8. The number of halogens is 1. The van der Waals surface area contributed by atoms with Crippen LogP contribution in [0.5, 0.6) is 0 Å². The van der Waals surface area contributed by atoms with Crippen LogP contribution >= 0.6 is 23.8 Å². The van der Waals surface area contributed by atoms with Gasteiger partial charge in [-0.3, -0.25) is 4.79 Å². The zero-order valence-electron chi connectivity index (χ0n) is 9.29. The molecular weight excluding hydrogens is 258 g/mol. The van der Waals surface area contributed by atoms with Crippen molar-refractivity contribution in [1.82, 2.24) is 14.9 Å². The third kappa shape index (κ3) is 2.68. The van der Waals surface area contributed by atoms with Crippen LogP contribution in [-0.2, 0) is 11.3 Å². The molecule has 0 aliphatic rings. The number of nitrogens with zero attached hydrogens (tertiary/aromatic N) is 1. The Morgan fingerprint density at radius 3 is 3.06 bits per heavy atom. The van der Waals surface area contributed by atoms with E-state index < -0.39 is 0 Å². The van der Waals surface area contributed by atoms with Crippen molar-refractivity contribution in [2.45, 2.75) is 13.5 Å². The monoisotopic (exact) mass is 269 g/mol. The Kier molecular flexibility index (Phi) is 3.49. The molecule has 0 spiro atoms. The topological polar surface area (TPSA) is 49.8 Å². The molecule has 1 aromatic carbocycles. The van der Waals surface area contributed by atoms with Crippen LogP contribution in [0.2, 0.25) is 5.02 Å². The second-order valence-electron chi connectivity index (χ2n) is 3.73. The zero-order valence-corrected chi connectivity index (χ0v) is 10.9. The number of aromatic amines is 1. The molecule has 2 rings (SSSR count). The number of benzene rings is 1. The van der Waals surface area contributed by atoms with Gasteiger partial charge in [0.1, 0.15) is 0 Å². The van der Waals surface area contributed by atoms with Crippen molar-refractivity contribution in [3.63, 3.8) is 0 Å². The fourth-order valence-corrected chi connectivity index (χ4v) is 2.16. The fourth-order valence-electron chi connectivity index (χ4n) is 1.69. The van der Waals surface area contributed by atoms with E-state index >= 15 is 0 Å². The predicted molar refractivity (Wildman–Crippen MR) is 70.8 cm³/mol. The Balaban J connectivity index is 2.32. The first-order chi connectivity index (χ1) is 8.08. The zero-order chi connectivity index (χ0) is 12.4. The summed E-state index contributed by atoms with van der Waals surface area (Å²) >= 11 is 11.2. The van der Waals surface area contributed by atoms with Gasteiger partial charge in [0.15, 0.2) is 4.77 Å². The molecule has 0 atom stereocenters. The highest BCUT2D eigenvalue weighted by atomic mass is 35.5. The molecular formula is C11H12ClN3OS. The first-order valence-corrected chi connectivity index (χ1v) is 5.99. The van der Waals surface area contributed by atoms with Crippen LogP contribution in [-0.4, -0.2) is 22.0 Å². The van der Waals surface area contributed by atoms with Crippen LogP contribution in [0.3, 0.4) is 0 Å². The van der Waals surface area contributed by atoms with E-state index in [4.69, 9.17) is 23.8 Å². The molecule has 17 heavy (non-hydrogen) atoms. The van der Waals surface area contributed by atoms with Crippen molar-refractivity contribution in [3.05, 3.63) is 28.0 Å². The summed E-state index contributed by atoms with van der Waals surface area (Å²) in [6, 6.07) is 5.56. The van der Waals surface area contributed by atoms with Crippen molar-refractivity contribution in [3.8, 4) is 0 Å². The van der Waals surface area contributed by atoms with Crippen molar-refractivity contribution >= 4 is 40.8 Å². The number of rotatable bonds is 3. The Bertz CT molecular complexity index is 617. The van der Waals surface area contributed by atoms with Gasteiger partial charge in [0, 0.05) is 25.0 Å². The van der Waals surface area contributed by atoms with Gasteiger partial charge in [-0.1, -0.05) is 11.6 Å². The fraction of sp³-hybridized carbons (Fsp3) is 0.273. The first kappa shape index (κ1) is 12.1. The molecule has 4 nitrogen and oxygen atoms in total. The van der Waals surface area contributed by atoms with Gasteiger partial charge >= 0.3 is 0 Å². The van der Waals surface area contributed by atoms with E-state index in [1.165, 1.54) is 6.92 Å². The summed E-state index contributed by atoms with van der Waals surface area (Å²) in [5, 5.41) is 3.40. The molecule has 0 radical (unpaired) electrons. The number of aromatic nitrogens is 2. The summed E-state index contributed by atoms with van der Waals surface area (Å²) in [5.41, 5.74) is 1.90. The molecule has 0 bridgehead atoms. The number of imidazole rings is 1. The van der Waals surface area contributed by atoms with Gasteiger partial charge in [0.2, 0.25) is 5.91 Å². The average Bonchev–Trinajstić information content (AvgIpc) is 2.55. The Morgan fingerprint density at radius 1 is 1.59 bits per heavy atom. The number of carbonyl (C=O) groups is 1. The first-order valence-electron chi connectivity index (χ1n) is 5.20. The van der Waals surface area contributed by atoms with Crippen molar-refractivity contribution in [2.24, 2.45) is 0 Å². The molecule has 0 saturated heterocycles. The quantitative estimate of drug-likeness (QED) is 0.841. The van der Waals surface area contributed by atoms with Crippen LogP contribution in [0, 0.1) is 4.77 Å². The number of hydrogen-bond acceptors (Lipinski definition) is 2. The smallest absolute Gasteiger partial charge is 0.216 e. The summed E-state index contributed by atoms with van der Waals surface area (Å²) in [6.07, 6.45) is 0. The number of amides is 1. The Hall–Kier alpha value is -1.33. The summed E-state index contributed by atoms with van der Waals surface area (Å²) in [5.74, 6) is -0.0469. The van der Waals surface area contributed by atoms with E-state index in [0.717, 1.165) is 11.0 Å². The molecule has 6 heteroatoms. The SMILES string of the molecule is CC(=O)NCCn1c(=S)[nH]c2ccc(Cl)cc21. The van der Waals surface area contributed by atoms with Gasteiger partial charge in [-0.25, -0.2) is 0 Å². The molecule has 0 aliphatic heterocycles. The molecule has 0 aliphatic carbocycles. The molecule has 1 amide bonds. The average molecular weight is 270 g/mol. The lowest BCUT2D eigenvalue weighted by molar-refractivity contribution is -0.118. The summed E-state index contributed by atoms with van der Waals surface area (Å²) in [6.45, 7) is 2.66. The maximum atomic E-state index is 10.8. The van der Waals surface area contributed by atoms with Gasteiger partial charge in [-0.05, 0) is 30.4 Å². The van der Waals surface area contributed by atoms with E-state index in [0.29, 0.717) is 22.9 Å². The van der Waals surface area contributed by atoms with Gasteiger partial charge in [-0.2, -0.15) is 0 Å². The van der Waals surface area contributed by atoms with Gasteiger partial charge < -0.3 is 14.9 Å². The van der Waals surface area contributed by atoms with E-state index in [1.807, 2.05) is 22.8 Å². The molecule has 0 fully saturated rings. The van der Waals surface area contributed by atoms with E-state index in [9.17, 15) is 4.79 Å². The standard InChI is InChI=1S/C11H12ClN3OS/c1-7(16)13-4-5-15-10-6-8(12)2-3-9(10)14-11(15)17/h2-3,6H,4-5H2,1H3,(H,13,16)(H,14,17). The largest absolute Gasteiger partial charge is 0.355 e. The number of nitrogens with one attached hydrogen (secondary N) is 2. The number of carbonyl (C=O) groups excluding carboxylic acids is 1. The highest BCUT2D eigenvalue weighted by Crippen LogP contribution is 2.18. The highest BCUT2D eigenvalue weighted by molar-refractivity contribution is 7.71. The van der Waals surface area contributed by atoms with Crippen LogP contribution in [0.1, 0.15) is 6.92 Å². The molecule has 2 N–H and O–H groups in total. The van der Waals surface area contributed by atoms with Crippen LogP contribution in [0.25, 0.3) is 11.0 Å². The second-order valence-corrected chi connectivity index (χ2v) is 4.55. The number of fused-ring (bicyclic) bond motifs is 1. The van der Waals surface area contributed by atoms with Gasteiger partial charge in [0.25, 0.3) is 0 Å². The second kappa shape index (κ2) is 4.89. The normalized spacial score (nSPS) is 10.7. The molecule has 1 aromatic heterocycles. The van der Waals surface area contributed by atoms with Crippen LogP contribution < -0.4 is 5.32 Å². The van der Waals surface area contributed by atoms with Crippen molar-refractivity contribution in [1.29, 1.82) is 0 Å². The molecule has 1 heterocycles. The molecule has 0 unspecified atom stereocenters. The predicted octanol–water partition coefficient (Wildman–Crippen LogP) is 2.49. The van der Waals surface area contributed by atoms with Crippen molar-refractivity contribution < 1.29 is 4.79 Å². The van der Waals surface area contributed by atoms with Crippen LogP contribution in [0.4, 0.5) is 0 Å². The minimum Gasteiger partial charge on any atom is -0.355 e. The maximum Gasteiger partial charge on any atom is 0.216 e. The Morgan fingerprint density at radius 2 is 2.35 bits per heavy atom. The van der Waals surface area contributed by atoms with E-state index in [-0.39, 0.29) is 5.91 Å². The summed E-state index contributed by atoms with van der Waals surface area (Å²) in [4.78, 5) is 13.9. The minimum atomic E-state index is -0.0469. The van der Waals surface area contributed by atoms with Crippen LogP contribution in [0.15, 0.2) is 18.2 Å². The summed E-state index contributed by atoms with van der Waals surface area (Å²) in [7, 11) is 0. The third-order valence-electron chi connectivity index (χ3n) is 2.45. The molecule has 0 saturated carbocycles. The number of hydrogen-bond donors (Lipinski definition) is 2.